The van der Waals surface area contributed by atoms with E-state index in [-0.39, 0.29) is 6.10 Å². The number of nitrogen functional groups attached to an aromatic ring is 1. The number of benzene rings is 2. The number of nitrogens with two attached hydrogens (primary N) is 1. The summed E-state index contributed by atoms with van der Waals surface area (Å²) in [5.74, 6) is 1.81. The van der Waals surface area contributed by atoms with Crippen molar-refractivity contribution < 1.29 is 9.15 Å². The Morgan fingerprint density at radius 3 is 3.05 bits per heavy atom. The van der Waals surface area contributed by atoms with E-state index in [1.165, 1.54) is 5.56 Å². The van der Waals surface area contributed by atoms with Crippen LogP contribution in [0, 0.1) is 0 Å². The van der Waals surface area contributed by atoms with Crippen LogP contribution in [0.3, 0.4) is 0 Å². The molecule has 5 heteroatoms. The highest BCUT2D eigenvalue weighted by Gasteiger charge is 2.23. The van der Waals surface area contributed by atoms with E-state index in [1.807, 2.05) is 30.3 Å². The fourth-order valence-corrected chi connectivity index (χ4v) is 3.32. The number of para-hydroxylation sites is 1. The van der Waals surface area contributed by atoms with Crippen molar-refractivity contribution in [2.45, 2.75) is 17.7 Å². The van der Waals surface area contributed by atoms with Crippen LogP contribution in [0.1, 0.15) is 5.56 Å². The maximum absolute atomic E-state index is 5.91. The van der Waals surface area contributed by atoms with Crippen molar-refractivity contribution in [1.29, 1.82) is 0 Å². The van der Waals surface area contributed by atoms with E-state index in [9.17, 15) is 0 Å². The van der Waals surface area contributed by atoms with Crippen LogP contribution in [-0.4, -0.2) is 16.8 Å². The van der Waals surface area contributed by atoms with Crippen LogP contribution >= 0.6 is 11.8 Å². The van der Waals surface area contributed by atoms with Crippen LogP contribution in [0.15, 0.2) is 52.1 Å². The number of oxazole rings is 1. The van der Waals surface area contributed by atoms with Gasteiger partial charge in [-0.15, -0.1) is 0 Å². The summed E-state index contributed by atoms with van der Waals surface area (Å²) in [6.07, 6.45) is 1.11. The fraction of sp³-hybridized carbons (Fsp3) is 0.188. The molecule has 0 radical (unpaired) electrons. The number of hydrogen-bond donors (Lipinski definition) is 1. The highest BCUT2D eigenvalue weighted by atomic mass is 32.2. The van der Waals surface area contributed by atoms with Gasteiger partial charge in [-0.2, -0.15) is 0 Å². The number of hydrogen-bond acceptors (Lipinski definition) is 5. The molecule has 21 heavy (non-hydrogen) atoms. The lowest BCUT2D eigenvalue weighted by Crippen LogP contribution is -2.15. The van der Waals surface area contributed by atoms with Crippen molar-refractivity contribution >= 4 is 28.5 Å². The van der Waals surface area contributed by atoms with Crippen LogP contribution in [0.4, 0.5) is 5.69 Å². The van der Waals surface area contributed by atoms with Crippen LogP contribution in [0.2, 0.25) is 0 Å². The van der Waals surface area contributed by atoms with Gasteiger partial charge in [0, 0.05) is 23.9 Å². The number of thioether (sulfide) groups is 1. The van der Waals surface area contributed by atoms with Gasteiger partial charge in [0.15, 0.2) is 5.58 Å². The molecule has 0 fully saturated rings. The highest BCUT2D eigenvalue weighted by molar-refractivity contribution is 7.99. The normalized spacial score (nSPS) is 16.9. The van der Waals surface area contributed by atoms with Gasteiger partial charge in [0.25, 0.3) is 5.22 Å². The lowest BCUT2D eigenvalue weighted by Gasteiger charge is -2.07. The summed E-state index contributed by atoms with van der Waals surface area (Å²) in [6, 6.07) is 13.7. The van der Waals surface area contributed by atoms with Gasteiger partial charge in [-0.1, -0.05) is 30.0 Å². The number of aromatic nitrogens is 1. The molecule has 2 aromatic carbocycles. The van der Waals surface area contributed by atoms with Crippen LogP contribution in [0.5, 0.6) is 5.75 Å². The zero-order valence-corrected chi connectivity index (χ0v) is 12.1. The summed E-state index contributed by atoms with van der Waals surface area (Å²) >= 11 is 1.58. The molecule has 4 rings (SSSR count). The van der Waals surface area contributed by atoms with Gasteiger partial charge in [-0.3, -0.25) is 0 Å². The van der Waals surface area contributed by atoms with Crippen molar-refractivity contribution in [3.8, 4) is 5.75 Å². The Labute approximate surface area is 126 Å². The molecule has 0 aliphatic carbocycles. The Kier molecular flexibility index (Phi) is 3.00. The third-order valence-electron chi connectivity index (χ3n) is 3.50. The smallest absolute Gasteiger partial charge is 0.256 e. The van der Waals surface area contributed by atoms with Crippen LogP contribution in [0.25, 0.3) is 11.1 Å². The predicted molar refractivity (Wildman–Crippen MR) is 83.7 cm³/mol. The second-order valence-corrected chi connectivity index (χ2v) is 6.04. The monoisotopic (exact) mass is 298 g/mol. The standard InChI is InChI=1S/C16H14N2O2S/c17-11-5-6-13-15(8-11)20-16(18-13)21-9-12-7-10-3-1-2-4-14(10)19-12/h1-6,8,12H,7,9,17H2. The fourth-order valence-electron chi connectivity index (χ4n) is 2.49. The summed E-state index contributed by atoms with van der Waals surface area (Å²) in [4.78, 5) is 4.45. The minimum atomic E-state index is 0.174. The molecule has 1 unspecified atom stereocenters. The summed E-state index contributed by atoms with van der Waals surface area (Å²) in [6.45, 7) is 0. The zero-order chi connectivity index (χ0) is 14.2. The average Bonchev–Trinajstić information content (AvgIpc) is 3.07. The Balaban J connectivity index is 1.45. The first-order valence-corrected chi connectivity index (χ1v) is 7.80. The quantitative estimate of drug-likeness (QED) is 0.592. The molecule has 0 bridgehead atoms. The molecular weight excluding hydrogens is 284 g/mol. The summed E-state index contributed by atoms with van der Waals surface area (Å²) in [7, 11) is 0. The topological polar surface area (TPSA) is 61.3 Å². The van der Waals surface area contributed by atoms with Gasteiger partial charge in [0.2, 0.25) is 0 Å². The first-order chi connectivity index (χ1) is 10.3. The van der Waals surface area contributed by atoms with E-state index in [1.54, 1.807) is 17.8 Å². The largest absolute Gasteiger partial charge is 0.489 e. The van der Waals surface area contributed by atoms with Gasteiger partial charge >= 0.3 is 0 Å². The molecule has 4 nitrogen and oxygen atoms in total. The molecule has 106 valence electrons. The Bertz CT molecular complexity index is 775. The molecule has 1 aliphatic rings. The van der Waals surface area contributed by atoms with Crippen molar-refractivity contribution in [3.05, 3.63) is 48.0 Å². The summed E-state index contributed by atoms with van der Waals surface area (Å²) < 4.78 is 11.6. The molecular formula is C16H14N2O2S. The maximum atomic E-state index is 5.91. The first kappa shape index (κ1) is 12.6. The number of nitrogens with zero attached hydrogens (tertiary/aromatic N) is 1. The van der Waals surface area contributed by atoms with E-state index < -0.39 is 0 Å². The van der Waals surface area contributed by atoms with E-state index in [2.05, 4.69) is 11.1 Å². The third-order valence-corrected chi connectivity index (χ3v) is 4.46. The van der Waals surface area contributed by atoms with E-state index in [0.717, 1.165) is 29.0 Å². The van der Waals surface area contributed by atoms with E-state index in [4.69, 9.17) is 14.9 Å². The second kappa shape index (κ2) is 5.00. The van der Waals surface area contributed by atoms with Gasteiger partial charge in [-0.05, 0) is 23.8 Å². The minimum Gasteiger partial charge on any atom is -0.489 e. The van der Waals surface area contributed by atoms with Crippen LogP contribution in [-0.2, 0) is 6.42 Å². The molecule has 0 saturated heterocycles. The molecule has 1 atom stereocenters. The Morgan fingerprint density at radius 1 is 1.24 bits per heavy atom. The lowest BCUT2D eigenvalue weighted by atomic mass is 10.1. The lowest BCUT2D eigenvalue weighted by molar-refractivity contribution is 0.259. The van der Waals surface area contributed by atoms with E-state index >= 15 is 0 Å². The minimum absolute atomic E-state index is 0.174. The first-order valence-electron chi connectivity index (χ1n) is 6.81. The van der Waals surface area contributed by atoms with Crippen molar-refractivity contribution in [3.63, 3.8) is 0 Å². The van der Waals surface area contributed by atoms with Crippen molar-refractivity contribution in [1.82, 2.24) is 4.98 Å². The Morgan fingerprint density at radius 2 is 2.14 bits per heavy atom. The molecule has 0 amide bonds. The van der Waals surface area contributed by atoms with Gasteiger partial charge in [0.1, 0.15) is 17.4 Å². The predicted octanol–water partition coefficient (Wildman–Crippen LogP) is 3.51. The maximum Gasteiger partial charge on any atom is 0.256 e. The molecule has 2 N–H and O–H groups in total. The molecule has 1 aliphatic heterocycles. The van der Waals surface area contributed by atoms with Crippen molar-refractivity contribution in [2.75, 3.05) is 11.5 Å². The second-order valence-electron chi connectivity index (χ2n) is 5.07. The number of ether oxygens (including phenoxy) is 1. The number of anilines is 1. The van der Waals surface area contributed by atoms with Crippen LogP contribution < -0.4 is 10.5 Å². The van der Waals surface area contributed by atoms with Gasteiger partial charge in [0.05, 0.1) is 0 Å². The van der Waals surface area contributed by atoms with E-state index in [0.29, 0.717) is 10.9 Å². The summed E-state index contributed by atoms with van der Waals surface area (Å²) in [5.41, 5.74) is 9.26. The molecule has 1 aromatic heterocycles. The number of rotatable bonds is 3. The number of fused-ring (bicyclic) bond motifs is 2. The summed E-state index contributed by atoms with van der Waals surface area (Å²) in [5, 5.41) is 0.662. The van der Waals surface area contributed by atoms with Gasteiger partial charge < -0.3 is 14.9 Å². The third kappa shape index (κ3) is 2.45. The SMILES string of the molecule is Nc1ccc2nc(SCC3Cc4ccccc4O3)oc2c1. The zero-order valence-electron chi connectivity index (χ0n) is 11.3. The molecule has 0 spiro atoms. The molecule has 2 heterocycles. The van der Waals surface area contributed by atoms with Gasteiger partial charge in [-0.25, -0.2) is 4.98 Å². The Hall–Kier alpha value is -2.14. The molecule has 0 saturated carbocycles. The van der Waals surface area contributed by atoms with Crippen molar-refractivity contribution in [2.24, 2.45) is 0 Å². The highest BCUT2D eigenvalue weighted by Crippen LogP contribution is 2.32. The average molecular weight is 298 g/mol. The molecule has 3 aromatic rings.